The number of hydrogen-bond donors (Lipinski definition) is 1. The smallest absolute Gasteiger partial charge is 0.168 e. The predicted molar refractivity (Wildman–Crippen MR) is 78.9 cm³/mol. The third kappa shape index (κ3) is 3.51. The molecule has 0 radical (unpaired) electrons. The largest absolute Gasteiger partial charge is 0.260 e. The number of benzene rings is 1. The van der Waals surface area contributed by atoms with Gasteiger partial charge in [-0.2, -0.15) is 5.10 Å². The fraction of sp³-hybridized carbons (Fsp3) is 0.214. The van der Waals surface area contributed by atoms with Crippen molar-refractivity contribution in [2.45, 2.75) is 20.8 Å². The summed E-state index contributed by atoms with van der Waals surface area (Å²) in [6.45, 7) is 6.23. The van der Waals surface area contributed by atoms with E-state index in [4.69, 9.17) is 11.6 Å². The van der Waals surface area contributed by atoms with Gasteiger partial charge in [0.05, 0.1) is 6.21 Å². The van der Waals surface area contributed by atoms with Gasteiger partial charge in [0.2, 0.25) is 0 Å². The molecule has 98 valence electrons. The summed E-state index contributed by atoms with van der Waals surface area (Å²) in [4.78, 5) is 0. The molecule has 1 N–H and O–H groups in total. The van der Waals surface area contributed by atoms with E-state index >= 15 is 0 Å². The number of anilines is 1. The van der Waals surface area contributed by atoms with Crippen LogP contribution in [0.2, 0.25) is 5.15 Å². The summed E-state index contributed by atoms with van der Waals surface area (Å²) >= 11 is 5.66. The Morgan fingerprint density at radius 2 is 1.79 bits per heavy atom. The molecule has 4 nitrogen and oxygen atoms in total. The van der Waals surface area contributed by atoms with Gasteiger partial charge in [0.1, 0.15) is 0 Å². The van der Waals surface area contributed by atoms with Crippen molar-refractivity contribution in [1.82, 2.24) is 10.2 Å². The number of aryl methyl sites for hydroxylation is 3. The van der Waals surface area contributed by atoms with Gasteiger partial charge in [-0.3, -0.25) is 5.43 Å². The second kappa shape index (κ2) is 5.80. The number of aromatic nitrogens is 2. The van der Waals surface area contributed by atoms with Gasteiger partial charge < -0.3 is 0 Å². The quantitative estimate of drug-likeness (QED) is 0.688. The number of rotatable bonds is 3. The average molecular weight is 275 g/mol. The van der Waals surface area contributed by atoms with Crippen molar-refractivity contribution in [2.75, 3.05) is 5.43 Å². The summed E-state index contributed by atoms with van der Waals surface area (Å²) in [6.07, 6.45) is 1.79. The molecule has 0 aliphatic carbocycles. The van der Waals surface area contributed by atoms with E-state index in [-0.39, 0.29) is 0 Å². The third-order valence-corrected chi connectivity index (χ3v) is 2.94. The fourth-order valence-electron chi connectivity index (χ4n) is 1.93. The highest BCUT2D eigenvalue weighted by Crippen LogP contribution is 2.14. The molecule has 1 aromatic carbocycles. The molecule has 1 aromatic heterocycles. The Hall–Kier alpha value is -1.94. The highest BCUT2D eigenvalue weighted by Gasteiger charge is 2.01. The van der Waals surface area contributed by atoms with Gasteiger partial charge in [-0.05, 0) is 44.0 Å². The normalized spacial score (nSPS) is 10.9. The highest BCUT2D eigenvalue weighted by atomic mass is 35.5. The molecule has 0 saturated carbocycles. The molecule has 0 aliphatic heterocycles. The van der Waals surface area contributed by atoms with Crippen molar-refractivity contribution >= 4 is 23.6 Å². The topological polar surface area (TPSA) is 50.2 Å². The zero-order valence-corrected chi connectivity index (χ0v) is 11.9. The van der Waals surface area contributed by atoms with Gasteiger partial charge >= 0.3 is 0 Å². The minimum absolute atomic E-state index is 0.361. The number of halogens is 1. The van der Waals surface area contributed by atoms with Crippen LogP contribution in [0.25, 0.3) is 0 Å². The van der Waals surface area contributed by atoms with Gasteiger partial charge in [-0.1, -0.05) is 29.3 Å². The van der Waals surface area contributed by atoms with Gasteiger partial charge in [-0.25, -0.2) is 0 Å². The first-order valence-electron chi connectivity index (χ1n) is 5.92. The zero-order chi connectivity index (χ0) is 13.8. The predicted octanol–water partition coefficient (Wildman–Crippen LogP) is 3.50. The molecule has 2 aromatic rings. The van der Waals surface area contributed by atoms with Crippen molar-refractivity contribution in [1.29, 1.82) is 0 Å². The average Bonchev–Trinajstić information content (AvgIpc) is 2.34. The standard InChI is InChI=1S/C14H15ClN4/c1-9-6-10(2)12(11(3)7-9)8-16-18-14-5-4-13(15)17-19-14/h4-8H,1-3H3,(H,18,19)/b16-8+. The number of nitrogens with one attached hydrogen (secondary N) is 1. The third-order valence-electron chi connectivity index (χ3n) is 2.74. The Bertz CT molecular complexity index is 582. The molecule has 19 heavy (non-hydrogen) atoms. The lowest BCUT2D eigenvalue weighted by Crippen LogP contribution is -1.98. The summed E-state index contributed by atoms with van der Waals surface area (Å²) in [5.41, 5.74) is 7.59. The van der Waals surface area contributed by atoms with Crippen molar-refractivity contribution in [3.05, 3.63) is 51.7 Å². The van der Waals surface area contributed by atoms with E-state index in [0.717, 1.165) is 5.56 Å². The molecule has 0 bridgehead atoms. The van der Waals surface area contributed by atoms with Crippen LogP contribution in [0.3, 0.4) is 0 Å². The lowest BCUT2D eigenvalue weighted by molar-refractivity contribution is 1.02. The van der Waals surface area contributed by atoms with Crippen molar-refractivity contribution in [3.8, 4) is 0 Å². The molecule has 0 unspecified atom stereocenters. The Labute approximate surface area is 117 Å². The first kappa shape index (κ1) is 13.5. The molecule has 5 heteroatoms. The summed E-state index contributed by atoms with van der Waals surface area (Å²) in [6, 6.07) is 7.66. The van der Waals surface area contributed by atoms with Crippen molar-refractivity contribution in [3.63, 3.8) is 0 Å². The summed E-state index contributed by atoms with van der Waals surface area (Å²) < 4.78 is 0. The van der Waals surface area contributed by atoms with Crippen LogP contribution >= 0.6 is 11.6 Å². The molecule has 0 aliphatic rings. The van der Waals surface area contributed by atoms with E-state index in [1.807, 2.05) is 0 Å². The summed E-state index contributed by atoms with van der Waals surface area (Å²) in [5.74, 6) is 0.558. The minimum atomic E-state index is 0.361. The maximum absolute atomic E-state index is 5.66. The van der Waals surface area contributed by atoms with Crippen LogP contribution in [0.15, 0.2) is 29.4 Å². The number of hydrogen-bond acceptors (Lipinski definition) is 4. The van der Waals surface area contributed by atoms with Crippen LogP contribution in [-0.4, -0.2) is 16.4 Å². The van der Waals surface area contributed by atoms with E-state index in [9.17, 15) is 0 Å². The van der Waals surface area contributed by atoms with Gasteiger partial charge in [0, 0.05) is 5.56 Å². The van der Waals surface area contributed by atoms with Crippen LogP contribution in [0.4, 0.5) is 5.82 Å². The van der Waals surface area contributed by atoms with E-state index in [0.29, 0.717) is 11.0 Å². The minimum Gasteiger partial charge on any atom is -0.260 e. The van der Waals surface area contributed by atoms with Gasteiger partial charge in [0.25, 0.3) is 0 Å². The van der Waals surface area contributed by atoms with Crippen LogP contribution in [0.1, 0.15) is 22.3 Å². The Kier molecular flexibility index (Phi) is 4.12. The molecule has 2 rings (SSSR count). The monoisotopic (exact) mass is 274 g/mol. The lowest BCUT2D eigenvalue weighted by Gasteiger charge is -2.06. The maximum Gasteiger partial charge on any atom is 0.168 e. The van der Waals surface area contributed by atoms with Crippen LogP contribution in [0.5, 0.6) is 0 Å². The van der Waals surface area contributed by atoms with Gasteiger partial charge in [0.15, 0.2) is 11.0 Å². The first-order chi connectivity index (χ1) is 9.06. The second-order valence-corrected chi connectivity index (χ2v) is 4.81. The number of hydrazone groups is 1. The van der Waals surface area contributed by atoms with Crippen LogP contribution < -0.4 is 5.43 Å². The summed E-state index contributed by atoms with van der Waals surface area (Å²) in [5, 5.41) is 12.1. The Balaban J connectivity index is 2.13. The van der Waals surface area contributed by atoms with Crippen LogP contribution in [-0.2, 0) is 0 Å². The molecule has 0 spiro atoms. The van der Waals surface area contributed by atoms with E-state index < -0.39 is 0 Å². The van der Waals surface area contributed by atoms with E-state index in [1.54, 1.807) is 18.3 Å². The molecular formula is C14H15ClN4. The van der Waals surface area contributed by atoms with Crippen LogP contribution in [0, 0.1) is 20.8 Å². The fourth-order valence-corrected chi connectivity index (χ4v) is 2.03. The molecule has 0 amide bonds. The van der Waals surface area contributed by atoms with E-state index in [1.165, 1.54) is 16.7 Å². The first-order valence-corrected chi connectivity index (χ1v) is 6.30. The molecule has 0 saturated heterocycles. The SMILES string of the molecule is Cc1cc(C)c(/C=N/Nc2ccc(Cl)nn2)c(C)c1. The zero-order valence-electron chi connectivity index (χ0n) is 11.1. The van der Waals surface area contributed by atoms with Crippen molar-refractivity contribution < 1.29 is 0 Å². The summed E-state index contributed by atoms with van der Waals surface area (Å²) in [7, 11) is 0. The Morgan fingerprint density at radius 1 is 1.11 bits per heavy atom. The molecule has 0 atom stereocenters. The molecule has 1 heterocycles. The number of nitrogens with zero attached hydrogens (tertiary/aromatic N) is 3. The van der Waals surface area contributed by atoms with E-state index in [2.05, 4.69) is 53.6 Å². The second-order valence-electron chi connectivity index (χ2n) is 4.42. The maximum atomic E-state index is 5.66. The van der Waals surface area contributed by atoms with Gasteiger partial charge in [-0.15, -0.1) is 10.2 Å². The Morgan fingerprint density at radius 3 is 2.37 bits per heavy atom. The lowest BCUT2D eigenvalue weighted by atomic mass is 10.0. The molecule has 0 fully saturated rings. The highest BCUT2D eigenvalue weighted by molar-refractivity contribution is 6.29. The molecular weight excluding hydrogens is 260 g/mol. The van der Waals surface area contributed by atoms with Crippen molar-refractivity contribution in [2.24, 2.45) is 5.10 Å².